The van der Waals surface area contributed by atoms with Gasteiger partial charge in [-0.1, -0.05) is 36.4 Å². The molecule has 0 saturated carbocycles. The predicted octanol–water partition coefficient (Wildman–Crippen LogP) is 4.71. The molecule has 1 aromatic carbocycles. The van der Waals surface area contributed by atoms with Gasteiger partial charge >= 0.3 is 0 Å². The van der Waals surface area contributed by atoms with Crippen molar-refractivity contribution in [3.05, 3.63) is 69.0 Å². The number of hydrogen-bond donors (Lipinski definition) is 0. The van der Waals surface area contributed by atoms with Crippen molar-refractivity contribution in [2.45, 2.75) is 0 Å². The molecule has 0 saturated heterocycles. The number of thiophene rings is 2. The van der Waals surface area contributed by atoms with Gasteiger partial charge in [0.2, 0.25) is 5.78 Å². The van der Waals surface area contributed by atoms with E-state index < -0.39 is 0 Å². The van der Waals surface area contributed by atoms with Crippen LogP contribution >= 0.6 is 22.7 Å². The fourth-order valence-corrected chi connectivity index (χ4v) is 3.38. The van der Waals surface area contributed by atoms with Crippen LogP contribution in [0, 0.1) is 0 Å². The van der Waals surface area contributed by atoms with E-state index in [0.29, 0.717) is 0 Å². The van der Waals surface area contributed by atoms with Crippen molar-refractivity contribution >= 4 is 28.5 Å². The van der Waals surface area contributed by atoms with Crippen LogP contribution in [0.25, 0.3) is 11.1 Å². The van der Waals surface area contributed by atoms with Gasteiger partial charge in [-0.2, -0.15) is 0 Å². The van der Waals surface area contributed by atoms with E-state index in [1.165, 1.54) is 22.7 Å². The monoisotopic (exact) mass is 270 g/mol. The molecule has 0 unspecified atom stereocenters. The molecule has 3 rings (SSSR count). The van der Waals surface area contributed by atoms with Crippen molar-refractivity contribution in [3.63, 3.8) is 0 Å². The van der Waals surface area contributed by atoms with E-state index in [4.69, 9.17) is 0 Å². The fraction of sp³-hybridized carbons (Fsp3) is 0. The van der Waals surface area contributed by atoms with Crippen LogP contribution in [0.5, 0.6) is 0 Å². The molecule has 3 heteroatoms. The Morgan fingerprint density at radius 2 is 1.67 bits per heavy atom. The fourth-order valence-electron chi connectivity index (χ4n) is 1.77. The lowest BCUT2D eigenvalue weighted by molar-refractivity contribution is 0.104. The Bertz CT molecular complexity index is 651. The number of benzene rings is 1. The van der Waals surface area contributed by atoms with Gasteiger partial charge in [0.25, 0.3) is 0 Å². The minimum absolute atomic E-state index is 0.122. The maximum atomic E-state index is 12.2. The van der Waals surface area contributed by atoms with Crippen LogP contribution in [0.4, 0.5) is 0 Å². The van der Waals surface area contributed by atoms with Crippen LogP contribution in [0.2, 0.25) is 0 Å². The van der Waals surface area contributed by atoms with E-state index >= 15 is 0 Å². The van der Waals surface area contributed by atoms with E-state index in [0.717, 1.165) is 20.9 Å². The van der Waals surface area contributed by atoms with Crippen LogP contribution in [0.1, 0.15) is 14.5 Å². The molecular weight excluding hydrogens is 260 g/mol. The second-order valence-corrected chi connectivity index (χ2v) is 5.73. The number of rotatable bonds is 3. The predicted molar refractivity (Wildman–Crippen MR) is 77.5 cm³/mol. The zero-order valence-corrected chi connectivity index (χ0v) is 11.1. The molecule has 0 bridgehead atoms. The summed E-state index contributed by atoms with van der Waals surface area (Å²) in [6, 6.07) is 15.9. The van der Waals surface area contributed by atoms with Gasteiger partial charge in [0.1, 0.15) is 0 Å². The van der Waals surface area contributed by atoms with E-state index in [9.17, 15) is 4.79 Å². The molecule has 2 heterocycles. The lowest BCUT2D eigenvalue weighted by Gasteiger charge is -1.95. The average molecular weight is 270 g/mol. The highest BCUT2D eigenvalue weighted by molar-refractivity contribution is 7.16. The minimum Gasteiger partial charge on any atom is -0.287 e. The molecule has 0 amide bonds. The molecule has 0 spiro atoms. The third-order valence-corrected chi connectivity index (χ3v) is 4.47. The molecule has 0 atom stereocenters. The molecule has 1 nitrogen and oxygen atoms in total. The molecule has 0 aliphatic carbocycles. The Morgan fingerprint density at radius 3 is 2.39 bits per heavy atom. The normalized spacial score (nSPS) is 10.4. The first-order chi connectivity index (χ1) is 8.84. The van der Waals surface area contributed by atoms with Crippen LogP contribution in [0.3, 0.4) is 0 Å². The topological polar surface area (TPSA) is 17.1 Å². The first-order valence-corrected chi connectivity index (χ1v) is 7.33. The van der Waals surface area contributed by atoms with Gasteiger partial charge in [-0.05, 0) is 34.0 Å². The highest BCUT2D eigenvalue weighted by atomic mass is 32.1. The summed E-state index contributed by atoms with van der Waals surface area (Å²) < 4.78 is 0. The largest absolute Gasteiger partial charge is 0.287 e. The molecule has 0 radical (unpaired) electrons. The molecule has 0 aliphatic heterocycles. The van der Waals surface area contributed by atoms with Gasteiger partial charge < -0.3 is 0 Å². The summed E-state index contributed by atoms with van der Waals surface area (Å²) in [4.78, 5) is 13.8. The summed E-state index contributed by atoms with van der Waals surface area (Å²) in [5, 5.41) is 3.97. The third kappa shape index (κ3) is 2.15. The molecule has 2 aromatic heterocycles. The Balaban J connectivity index is 1.93. The van der Waals surface area contributed by atoms with E-state index in [2.05, 4.69) is 12.1 Å². The molecule has 0 fully saturated rings. The Hall–Kier alpha value is -1.71. The van der Waals surface area contributed by atoms with Crippen molar-refractivity contribution in [1.29, 1.82) is 0 Å². The second kappa shape index (κ2) is 4.88. The van der Waals surface area contributed by atoms with Gasteiger partial charge in [0.05, 0.1) is 9.75 Å². The van der Waals surface area contributed by atoms with Crippen LogP contribution in [-0.2, 0) is 0 Å². The molecule has 0 aliphatic rings. The van der Waals surface area contributed by atoms with Crippen LogP contribution in [0.15, 0.2) is 59.3 Å². The third-order valence-electron chi connectivity index (χ3n) is 2.68. The van der Waals surface area contributed by atoms with E-state index in [1.807, 2.05) is 47.2 Å². The van der Waals surface area contributed by atoms with Crippen molar-refractivity contribution < 1.29 is 4.79 Å². The summed E-state index contributed by atoms with van der Waals surface area (Å²) >= 11 is 3.00. The van der Waals surface area contributed by atoms with Gasteiger partial charge in [-0.3, -0.25) is 4.79 Å². The molecule has 88 valence electrons. The van der Waals surface area contributed by atoms with Crippen molar-refractivity contribution in [1.82, 2.24) is 0 Å². The Morgan fingerprint density at radius 1 is 0.833 bits per heavy atom. The van der Waals surface area contributed by atoms with Gasteiger partial charge in [-0.25, -0.2) is 0 Å². The molecular formula is C15H10OS2. The van der Waals surface area contributed by atoms with Crippen molar-refractivity contribution in [2.75, 3.05) is 0 Å². The van der Waals surface area contributed by atoms with E-state index in [-0.39, 0.29) is 5.78 Å². The number of hydrogen-bond acceptors (Lipinski definition) is 3. The highest BCUT2D eigenvalue weighted by Crippen LogP contribution is 2.27. The number of ketones is 1. The summed E-state index contributed by atoms with van der Waals surface area (Å²) in [6.45, 7) is 0. The standard InChI is InChI=1S/C15H10OS2/c16-15(13-7-4-8-17-13)14-9-12(10-18-14)11-5-2-1-3-6-11/h1-10H. The van der Waals surface area contributed by atoms with Crippen LogP contribution < -0.4 is 0 Å². The zero-order valence-electron chi connectivity index (χ0n) is 9.50. The van der Waals surface area contributed by atoms with Gasteiger partial charge in [0.15, 0.2) is 0 Å². The summed E-state index contributed by atoms with van der Waals surface area (Å²) in [5.74, 6) is 0.122. The smallest absolute Gasteiger partial charge is 0.212 e. The lowest BCUT2D eigenvalue weighted by Crippen LogP contribution is -1.93. The summed E-state index contributed by atoms with van der Waals surface area (Å²) in [7, 11) is 0. The number of carbonyl (C=O) groups excluding carboxylic acids is 1. The Kier molecular flexibility index (Phi) is 3.09. The van der Waals surface area contributed by atoms with Crippen molar-refractivity contribution in [3.8, 4) is 11.1 Å². The highest BCUT2D eigenvalue weighted by Gasteiger charge is 2.13. The maximum absolute atomic E-state index is 12.2. The SMILES string of the molecule is O=C(c1cccs1)c1cc(-c2ccccc2)cs1. The summed E-state index contributed by atoms with van der Waals surface area (Å²) in [5.41, 5.74) is 2.26. The second-order valence-electron chi connectivity index (χ2n) is 3.87. The molecule has 18 heavy (non-hydrogen) atoms. The minimum atomic E-state index is 0.122. The molecule has 0 N–H and O–H groups in total. The summed E-state index contributed by atoms with van der Waals surface area (Å²) in [6.07, 6.45) is 0. The Labute approximate surface area is 113 Å². The first-order valence-electron chi connectivity index (χ1n) is 5.57. The van der Waals surface area contributed by atoms with E-state index in [1.54, 1.807) is 0 Å². The van der Waals surface area contributed by atoms with Gasteiger partial charge in [-0.15, -0.1) is 22.7 Å². The van der Waals surface area contributed by atoms with Gasteiger partial charge in [0, 0.05) is 0 Å². The zero-order chi connectivity index (χ0) is 12.4. The van der Waals surface area contributed by atoms with Crippen molar-refractivity contribution in [2.24, 2.45) is 0 Å². The maximum Gasteiger partial charge on any atom is 0.212 e. The van der Waals surface area contributed by atoms with Crippen LogP contribution in [-0.4, -0.2) is 5.78 Å². The quantitative estimate of drug-likeness (QED) is 0.630. The molecule has 3 aromatic rings. The lowest BCUT2D eigenvalue weighted by atomic mass is 10.1. The average Bonchev–Trinajstić information content (AvgIpc) is 3.10. The number of carbonyl (C=O) groups is 1. The first kappa shape index (κ1) is 11.4.